The van der Waals surface area contributed by atoms with E-state index in [0.717, 1.165) is 13.8 Å². The molecular formula is C47H51NO15. The molecule has 1 amide bonds. The van der Waals surface area contributed by atoms with Crippen LogP contribution in [0, 0.1) is 16.7 Å². The van der Waals surface area contributed by atoms with Crippen LogP contribution in [0.3, 0.4) is 0 Å². The summed E-state index contributed by atoms with van der Waals surface area (Å²) in [6.45, 7) is 7.39. The van der Waals surface area contributed by atoms with Gasteiger partial charge in [0.05, 0.1) is 35.6 Å². The van der Waals surface area contributed by atoms with Crippen LogP contribution in [0.4, 0.5) is 0 Å². The predicted molar refractivity (Wildman–Crippen MR) is 219 cm³/mol. The number of fused-ring (bicyclic) bond motifs is 5. The number of benzene rings is 3. The Morgan fingerprint density at radius 2 is 1.38 bits per heavy atom. The number of carbonyl (C=O) groups is 6. The molecule has 5 N–H and O–H groups in total. The van der Waals surface area contributed by atoms with Crippen molar-refractivity contribution in [3.05, 3.63) is 119 Å². The fraction of sp³-hybridized carbons (Fsp3) is 0.447. The van der Waals surface area contributed by atoms with Gasteiger partial charge in [0.2, 0.25) is 0 Å². The number of hydrogen-bond donors (Lipinski definition) is 5. The summed E-state index contributed by atoms with van der Waals surface area (Å²) in [7, 11) is 0. The fourth-order valence-electron chi connectivity index (χ4n) is 10.3. The van der Waals surface area contributed by atoms with Crippen molar-refractivity contribution in [1.82, 2.24) is 5.32 Å². The molecule has 0 spiro atoms. The monoisotopic (exact) mass is 869 g/mol. The van der Waals surface area contributed by atoms with Crippen molar-refractivity contribution in [3.63, 3.8) is 0 Å². The van der Waals surface area contributed by atoms with E-state index in [2.05, 4.69) is 5.32 Å². The van der Waals surface area contributed by atoms with Crippen molar-refractivity contribution in [2.45, 2.75) is 108 Å². The molecule has 16 nitrogen and oxygen atoms in total. The summed E-state index contributed by atoms with van der Waals surface area (Å²) in [5.41, 5.74) is -7.98. The molecule has 334 valence electrons. The van der Waals surface area contributed by atoms with E-state index >= 15 is 4.79 Å². The molecule has 1 aliphatic heterocycles. The number of carbonyl (C=O) groups excluding carboxylic acids is 6. The molecule has 7 rings (SSSR count). The average Bonchev–Trinajstić information content (AvgIpc) is 3.24. The normalized spacial score (nSPS) is 32.7. The maximum Gasteiger partial charge on any atom is 0.338 e. The summed E-state index contributed by atoms with van der Waals surface area (Å²) >= 11 is 0. The van der Waals surface area contributed by atoms with Crippen molar-refractivity contribution in [1.29, 1.82) is 0 Å². The highest BCUT2D eigenvalue weighted by molar-refractivity contribution is 5.96. The number of Topliss-reactive ketones (excluding diaryl/α,β-unsaturated/α-hetero) is 1. The average molecular weight is 870 g/mol. The summed E-state index contributed by atoms with van der Waals surface area (Å²) in [4.78, 5) is 83.6. The van der Waals surface area contributed by atoms with Crippen molar-refractivity contribution in [3.8, 4) is 0 Å². The van der Waals surface area contributed by atoms with Gasteiger partial charge in [-0.1, -0.05) is 80.6 Å². The second kappa shape index (κ2) is 16.7. The van der Waals surface area contributed by atoms with E-state index in [1.54, 1.807) is 78.9 Å². The Bertz CT molecular complexity index is 2320. The zero-order valence-electron chi connectivity index (χ0n) is 35.6. The number of aliphatic hydroxyl groups excluding tert-OH is 3. The molecule has 3 aliphatic carbocycles. The molecule has 3 aromatic carbocycles. The van der Waals surface area contributed by atoms with Gasteiger partial charge in [-0.3, -0.25) is 19.2 Å². The van der Waals surface area contributed by atoms with E-state index in [9.17, 15) is 44.4 Å². The molecule has 3 aromatic rings. The minimum atomic E-state index is -2.48. The number of esters is 4. The summed E-state index contributed by atoms with van der Waals surface area (Å²) in [5.74, 6) is -7.48. The Hall–Kier alpha value is -5.78. The predicted octanol–water partition coefficient (Wildman–Crippen LogP) is 2.71. The molecule has 63 heavy (non-hydrogen) atoms. The van der Waals surface area contributed by atoms with Gasteiger partial charge in [0.1, 0.15) is 30.0 Å². The molecule has 2 saturated carbocycles. The first kappa shape index (κ1) is 45.3. The first-order chi connectivity index (χ1) is 29.7. The molecule has 16 heteroatoms. The van der Waals surface area contributed by atoms with E-state index in [0.29, 0.717) is 5.56 Å². The topological polar surface area (TPSA) is 242 Å². The molecule has 0 radical (unpaired) electrons. The van der Waals surface area contributed by atoms with Gasteiger partial charge < -0.3 is 49.4 Å². The zero-order valence-corrected chi connectivity index (χ0v) is 35.6. The molecule has 0 aromatic heterocycles. The third-order valence-electron chi connectivity index (χ3n) is 13.5. The van der Waals surface area contributed by atoms with E-state index < -0.39 is 125 Å². The Morgan fingerprint density at radius 1 is 0.810 bits per heavy atom. The van der Waals surface area contributed by atoms with Crippen LogP contribution < -0.4 is 5.32 Å². The fourth-order valence-corrected chi connectivity index (χ4v) is 10.3. The van der Waals surface area contributed by atoms with E-state index in [1.807, 2.05) is 0 Å². The van der Waals surface area contributed by atoms with Crippen LogP contribution in [0.2, 0.25) is 0 Å². The summed E-state index contributed by atoms with van der Waals surface area (Å²) < 4.78 is 29.9. The Morgan fingerprint density at radius 3 is 1.92 bits per heavy atom. The van der Waals surface area contributed by atoms with E-state index in [4.69, 9.17) is 23.7 Å². The minimum absolute atomic E-state index is 0.0180. The molecule has 12 atom stereocenters. The first-order valence-corrected chi connectivity index (χ1v) is 20.6. The molecule has 1 saturated heterocycles. The number of hydrogen-bond acceptors (Lipinski definition) is 15. The minimum Gasteiger partial charge on any atom is -0.456 e. The van der Waals surface area contributed by atoms with Crippen molar-refractivity contribution >= 4 is 35.6 Å². The number of ketones is 1. The van der Waals surface area contributed by atoms with Gasteiger partial charge in [-0.2, -0.15) is 0 Å². The summed E-state index contributed by atoms with van der Waals surface area (Å²) in [6.07, 6.45) is -13.5. The van der Waals surface area contributed by atoms with Crippen LogP contribution in [0.15, 0.2) is 102 Å². The lowest BCUT2D eigenvalue weighted by Gasteiger charge is -2.68. The lowest BCUT2D eigenvalue weighted by atomic mass is 9.44. The largest absolute Gasteiger partial charge is 0.456 e. The lowest BCUT2D eigenvalue weighted by molar-refractivity contribution is -0.369. The third kappa shape index (κ3) is 7.42. The summed E-state index contributed by atoms with van der Waals surface area (Å²) in [5, 5.41) is 51.8. The Balaban J connectivity index is 1.40. The van der Waals surface area contributed by atoms with Gasteiger partial charge in [-0.25, -0.2) is 9.59 Å². The van der Waals surface area contributed by atoms with Gasteiger partial charge in [-0.15, -0.1) is 0 Å². The zero-order chi connectivity index (χ0) is 45.8. The quantitative estimate of drug-likeness (QED) is 0.112. The van der Waals surface area contributed by atoms with Crippen LogP contribution in [-0.4, -0.2) is 117 Å². The molecule has 4 aliphatic rings. The first-order valence-electron chi connectivity index (χ1n) is 20.6. The Labute approximate surface area is 363 Å². The highest BCUT2D eigenvalue weighted by atomic mass is 16.6. The van der Waals surface area contributed by atoms with E-state index in [1.165, 1.54) is 39.8 Å². The second-order valence-corrected chi connectivity index (χ2v) is 17.5. The highest BCUT2D eigenvalue weighted by Gasteiger charge is 2.80. The van der Waals surface area contributed by atoms with Crippen molar-refractivity contribution in [2.24, 2.45) is 16.7 Å². The molecular weight excluding hydrogens is 819 g/mol. The van der Waals surface area contributed by atoms with Gasteiger partial charge in [0, 0.05) is 31.2 Å². The number of rotatable bonds is 10. The van der Waals surface area contributed by atoms with Gasteiger partial charge in [-0.05, 0) is 54.8 Å². The van der Waals surface area contributed by atoms with Crippen LogP contribution in [0.1, 0.15) is 80.3 Å². The van der Waals surface area contributed by atoms with Crippen molar-refractivity contribution < 1.29 is 72.9 Å². The van der Waals surface area contributed by atoms with Crippen LogP contribution in [-0.2, 0) is 42.9 Å². The van der Waals surface area contributed by atoms with Crippen molar-refractivity contribution in [2.75, 3.05) is 6.61 Å². The molecule has 2 unspecified atom stereocenters. The molecule has 1 heterocycles. The number of ether oxygens (including phenoxy) is 5. The molecule has 3 fully saturated rings. The number of amides is 1. The van der Waals surface area contributed by atoms with Crippen LogP contribution in [0.5, 0.6) is 0 Å². The SMILES string of the molecule is CC(=O)O[C@H]1C(=O)[C@@]2(C)C(C(OC(=O)c3ccccc3)[C@]3(O)C[C@H](OC(=O)[C@H](O)[C@@H](NC(=O)c4ccccc4)c4ccccc4)C(C)=C1C3(C)C)[C@]1(OC(C)=O)CO[C@@H]1[C@@H](O)[C@@H]2O. The van der Waals surface area contributed by atoms with Gasteiger partial charge in [0.15, 0.2) is 23.6 Å². The number of aliphatic hydroxyl groups is 4. The van der Waals surface area contributed by atoms with E-state index in [-0.39, 0.29) is 22.3 Å². The summed E-state index contributed by atoms with van der Waals surface area (Å²) in [6, 6.07) is 22.6. The standard InChI is InChI=1S/C47H51NO15/c1-24-30(61-43(57)33(51)32(27-16-10-7-11-17-27)48-41(55)28-18-12-8-13-19-28)22-47(58)40(62-42(56)29-20-14-9-15-21-29)36-45(6,38(54)35(60-25(2)49)31(24)44(47,4)5)37(53)34(52)39-46(36,23-59-39)63-26(3)50/h7-21,30,32-37,39-40,51-53,58H,22-23H2,1-6H3,(H,48,55)/t30-,32-,33+,34-,35+,36?,37-,39+,40?,45-,46+,47+/m0/s1. The molecule has 2 bridgehead atoms. The highest BCUT2D eigenvalue weighted by Crippen LogP contribution is 2.64. The Kier molecular flexibility index (Phi) is 12.0. The number of nitrogens with one attached hydrogen (secondary N) is 1. The maximum absolute atomic E-state index is 15.5. The van der Waals surface area contributed by atoms with Gasteiger partial charge >= 0.3 is 23.9 Å². The lowest BCUT2D eigenvalue weighted by Crippen LogP contribution is -2.85. The van der Waals surface area contributed by atoms with Crippen LogP contribution in [0.25, 0.3) is 0 Å². The van der Waals surface area contributed by atoms with Crippen LogP contribution >= 0.6 is 0 Å². The third-order valence-corrected chi connectivity index (χ3v) is 13.5. The second-order valence-electron chi connectivity index (χ2n) is 17.5. The smallest absolute Gasteiger partial charge is 0.338 e. The van der Waals surface area contributed by atoms with Gasteiger partial charge in [0.25, 0.3) is 5.91 Å². The maximum atomic E-state index is 15.5.